The Labute approximate surface area is 117 Å². The zero-order valence-electron chi connectivity index (χ0n) is 10.3. The SMILES string of the molecule is CC(O)OC(F)(F)C(F)(F)C(F)(F)C(F)(F)C(F)(F)C(F)(F)F. The van der Waals surface area contributed by atoms with Crippen LogP contribution >= 0.6 is 0 Å². The van der Waals surface area contributed by atoms with Gasteiger partial charge in [-0.1, -0.05) is 0 Å². The smallest absolute Gasteiger partial charge is 0.368 e. The van der Waals surface area contributed by atoms with Gasteiger partial charge in [0.05, 0.1) is 0 Å². The molecule has 0 aromatic carbocycles. The second-order valence-electron chi connectivity index (χ2n) is 4.03. The van der Waals surface area contributed by atoms with Crippen molar-refractivity contribution in [3.8, 4) is 0 Å². The Bertz CT molecular complexity index is 424. The Kier molecular flexibility index (Phi) is 5.29. The van der Waals surface area contributed by atoms with Crippen LogP contribution in [0.15, 0.2) is 0 Å². The lowest BCUT2D eigenvalue weighted by molar-refractivity contribution is -0.475. The molecule has 0 rings (SSSR count). The van der Waals surface area contributed by atoms with Gasteiger partial charge < -0.3 is 5.11 Å². The molecule has 0 radical (unpaired) electrons. The fourth-order valence-corrected chi connectivity index (χ4v) is 1.04. The molecule has 0 heterocycles. The summed E-state index contributed by atoms with van der Waals surface area (Å²) < 4.78 is 164. The van der Waals surface area contributed by atoms with Crippen LogP contribution in [0.25, 0.3) is 0 Å². The fourth-order valence-electron chi connectivity index (χ4n) is 1.04. The lowest BCUT2D eigenvalue weighted by Crippen LogP contribution is -2.70. The van der Waals surface area contributed by atoms with Crippen LogP contribution in [0.4, 0.5) is 57.1 Å². The summed E-state index contributed by atoms with van der Waals surface area (Å²) in [7, 11) is 0. The summed E-state index contributed by atoms with van der Waals surface area (Å²) in [6.45, 7) is 0.116. The van der Waals surface area contributed by atoms with Crippen molar-refractivity contribution >= 4 is 0 Å². The fraction of sp³-hybridized carbons (Fsp3) is 1.00. The molecule has 0 spiro atoms. The van der Waals surface area contributed by atoms with Gasteiger partial charge in [-0.05, 0) is 6.92 Å². The second-order valence-corrected chi connectivity index (χ2v) is 4.03. The quantitative estimate of drug-likeness (QED) is 0.557. The van der Waals surface area contributed by atoms with Gasteiger partial charge in [-0.25, -0.2) is 0 Å². The van der Waals surface area contributed by atoms with Gasteiger partial charge in [0.1, 0.15) is 0 Å². The third-order valence-corrected chi connectivity index (χ3v) is 2.22. The van der Waals surface area contributed by atoms with E-state index >= 15 is 0 Å². The third-order valence-electron chi connectivity index (χ3n) is 2.22. The van der Waals surface area contributed by atoms with Gasteiger partial charge in [0.15, 0.2) is 6.29 Å². The number of aliphatic hydroxyl groups is 1. The Morgan fingerprint density at radius 3 is 1.17 bits per heavy atom. The number of aliphatic hydroxyl groups excluding tert-OH is 1. The van der Waals surface area contributed by atoms with Crippen LogP contribution in [0.3, 0.4) is 0 Å². The highest BCUT2D eigenvalue weighted by Crippen LogP contribution is 2.60. The molecular formula is C8H5F13O2. The molecule has 0 bridgehead atoms. The minimum atomic E-state index is -7.98. The molecule has 23 heavy (non-hydrogen) atoms. The lowest BCUT2D eigenvalue weighted by atomic mass is 9.97. The van der Waals surface area contributed by atoms with Gasteiger partial charge in [-0.3, -0.25) is 4.74 Å². The van der Waals surface area contributed by atoms with Gasteiger partial charge >= 0.3 is 36.0 Å². The Balaban J connectivity index is 6.14. The van der Waals surface area contributed by atoms with Crippen molar-refractivity contribution in [3.63, 3.8) is 0 Å². The van der Waals surface area contributed by atoms with Crippen molar-refractivity contribution in [1.29, 1.82) is 0 Å². The lowest BCUT2D eigenvalue weighted by Gasteiger charge is -2.39. The number of halogens is 13. The van der Waals surface area contributed by atoms with Gasteiger partial charge in [0.25, 0.3) is 0 Å². The molecule has 0 aliphatic heterocycles. The zero-order chi connectivity index (χ0) is 19.3. The summed E-state index contributed by atoms with van der Waals surface area (Å²) in [6, 6.07) is 0. The zero-order valence-corrected chi connectivity index (χ0v) is 10.3. The van der Waals surface area contributed by atoms with Gasteiger partial charge in [-0.2, -0.15) is 57.1 Å². The van der Waals surface area contributed by atoms with Crippen molar-refractivity contribution in [1.82, 2.24) is 0 Å². The summed E-state index contributed by atoms with van der Waals surface area (Å²) in [5.74, 6) is -31.2. The first kappa shape index (κ1) is 22.0. The predicted molar refractivity (Wildman–Crippen MR) is 43.6 cm³/mol. The van der Waals surface area contributed by atoms with E-state index < -0.39 is 42.3 Å². The first-order valence-electron chi connectivity index (χ1n) is 4.98. The first-order valence-corrected chi connectivity index (χ1v) is 4.98. The van der Waals surface area contributed by atoms with Crippen LogP contribution in [-0.2, 0) is 4.74 Å². The molecule has 0 aliphatic carbocycles. The van der Waals surface area contributed by atoms with Crippen LogP contribution in [0, 0.1) is 0 Å². The molecule has 0 aromatic heterocycles. The first-order chi connectivity index (χ1) is 9.67. The molecular weight excluding hydrogens is 375 g/mol. The van der Waals surface area contributed by atoms with E-state index in [0.29, 0.717) is 0 Å². The standard InChI is InChI=1S/C8H5F13O2/c1-2(22)23-8(20,21)6(15,16)4(11,12)3(9,10)5(13,14)7(17,18)19/h2,22H,1H3. The Hall–Kier alpha value is -0.990. The van der Waals surface area contributed by atoms with Crippen molar-refractivity contribution in [3.05, 3.63) is 0 Å². The Morgan fingerprint density at radius 2 is 0.913 bits per heavy atom. The van der Waals surface area contributed by atoms with E-state index in [1.807, 2.05) is 0 Å². The van der Waals surface area contributed by atoms with E-state index in [1.165, 1.54) is 0 Å². The maximum absolute atomic E-state index is 12.8. The minimum absolute atomic E-state index is 0.116. The molecule has 2 nitrogen and oxygen atoms in total. The van der Waals surface area contributed by atoms with Crippen LogP contribution in [0.2, 0.25) is 0 Å². The highest BCUT2D eigenvalue weighted by Gasteiger charge is 2.91. The van der Waals surface area contributed by atoms with E-state index in [4.69, 9.17) is 5.11 Å². The van der Waals surface area contributed by atoms with Crippen LogP contribution in [-0.4, -0.2) is 47.4 Å². The molecule has 0 fully saturated rings. The topological polar surface area (TPSA) is 29.5 Å². The summed E-state index contributed by atoms with van der Waals surface area (Å²) in [5, 5.41) is 8.21. The van der Waals surface area contributed by atoms with Crippen LogP contribution in [0.5, 0.6) is 0 Å². The summed E-state index contributed by atoms with van der Waals surface area (Å²) in [4.78, 5) is 0. The molecule has 1 atom stereocenters. The molecule has 140 valence electrons. The number of hydrogen-bond acceptors (Lipinski definition) is 2. The largest absolute Gasteiger partial charge is 0.460 e. The second kappa shape index (κ2) is 5.53. The van der Waals surface area contributed by atoms with Gasteiger partial charge in [0.2, 0.25) is 0 Å². The maximum Gasteiger partial charge on any atom is 0.460 e. The summed E-state index contributed by atoms with van der Waals surface area (Å²) in [5.41, 5.74) is 0. The minimum Gasteiger partial charge on any atom is -0.368 e. The molecule has 15 heteroatoms. The number of rotatable bonds is 6. The highest BCUT2D eigenvalue weighted by molar-refractivity contribution is 5.08. The molecule has 0 saturated heterocycles. The normalized spacial score (nSPS) is 17.3. The maximum atomic E-state index is 12.8. The number of alkyl halides is 13. The molecule has 1 N–H and O–H groups in total. The van der Waals surface area contributed by atoms with Crippen molar-refractivity contribution in [2.45, 2.75) is 49.2 Å². The molecule has 0 amide bonds. The molecule has 0 aromatic rings. The van der Waals surface area contributed by atoms with E-state index in [-0.39, 0.29) is 6.92 Å². The molecule has 0 saturated carbocycles. The highest BCUT2D eigenvalue weighted by atomic mass is 19.4. The molecule has 1 unspecified atom stereocenters. The number of hydrogen-bond donors (Lipinski definition) is 1. The monoisotopic (exact) mass is 380 g/mol. The average Bonchev–Trinajstić information content (AvgIpc) is 2.24. The summed E-state index contributed by atoms with van der Waals surface area (Å²) in [6.07, 6.45) is -17.2. The van der Waals surface area contributed by atoms with Gasteiger partial charge in [0, 0.05) is 0 Å². The van der Waals surface area contributed by atoms with E-state index in [1.54, 1.807) is 0 Å². The third kappa shape index (κ3) is 3.16. The van der Waals surface area contributed by atoms with Gasteiger partial charge in [-0.15, -0.1) is 0 Å². The van der Waals surface area contributed by atoms with E-state index in [0.717, 1.165) is 0 Å². The average molecular weight is 380 g/mol. The number of ether oxygens (including phenoxy) is 1. The van der Waals surface area contributed by atoms with Crippen LogP contribution in [0.1, 0.15) is 6.92 Å². The van der Waals surface area contributed by atoms with Crippen molar-refractivity contribution in [2.75, 3.05) is 0 Å². The van der Waals surface area contributed by atoms with E-state index in [2.05, 4.69) is 4.74 Å². The predicted octanol–water partition coefficient (Wildman–Crippen LogP) is 4.04. The van der Waals surface area contributed by atoms with Crippen molar-refractivity contribution in [2.24, 2.45) is 0 Å². The molecule has 0 aliphatic rings. The summed E-state index contributed by atoms with van der Waals surface area (Å²) >= 11 is 0. The van der Waals surface area contributed by atoms with E-state index in [9.17, 15) is 57.1 Å². The van der Waals surface area contributed by atoms with Crippen molar-refractivity contribution < 1.29 is 66.9 Å². The van der Waals surface area contributed by atoms with Crippen LogP contribution < -0.4 is 0 Å². The Morgan fingerprint density at radius 1 is 0.609 bits per heavy atom.